The van der Waals surface area contributed by atoms with Crippen LogP contribution in [-0.4, -0.2) is 18.5 Å². The SMILES string of the molecule is CC(NC(=O)C(CN)CC(C)(C)C)C1CCC1. The monoisotopic (exact) mass is 240 g/mol. The van der Waals surface area contributed by atoms with E-state index < -0.39 is 0 Å². The summed E-state index contributed by atoms with van der Waals surface area (Å²) in [7, 11) is 0. The maximum atomic E-state index is 12.1. The normalized spacial score (nSPS) is 20.5. The van der Waals surface area contributed by atoms with Gasteiger partial charge < -0.3 is 11.1 Å². The molecule has 1 rings (SSSR count). The summed E-state index contributed by atoms with van der Waals surface area (Å²) in [5.74, 6) is 0.784. The first-order valence-corrected chi connectivity index (χ1v) is 6.84. The highest BCUT2D eigenvalue weighted by molar-refractivity contribution is 5.79. The molecule has 2 unspecified atom stereocenters. The van der Waals surface area contributed by atoms with Crippen molar-refractivity contribution in [1.82, 2.24) is 5.32 Å². The van der Waals surface area contributed by atoms with Crippen molar-refractivity contribution in [2.75, 3.05) is 6.54 Å². The van der Waals surface area contributed by atoms with E-state index in [2.05, 4.69) is 33.0 Å². The van der Waals surface area contributed by atoms with Crippen LogP contribution >= 0.6 is 0 Å². The summed E-state index contributed by atoms with van der Waals surface area (Å²) in [4.78, 5) is 12.1. The Morgan fingerprint density at radius 2 is 2.00 bits per heavy atom. The smallest absolute Gasteiger partial charge is 0.224 e. The second kappa shape index (κ2) is 5.85. The molecule has 0 aromatic rings. The highest BCUT2D eigenvalue weighted by Gasteiger charge is 2.28. The van der Waals surface area contributed by atoms with Crippen molar-refractivity contribution in [2.24, 2.45) is 23.0 Å². The van der Waals surface area contributed by atoms with Gasteiger partial charge in [0, 0.05) is 12.6 Å². The molecule has 3 N–H and O–H groups in total. The lowest BCUT2D eigenvalue weighted by molar-refractivity contribution is -0.126. The Balaban J connectivity index is 2.42. The van der Waals surface area contributed by atoms with E-state index in [1.165, 1.54) is 19.3 Å². The number of nitrogens with two attached hydrogens (primary N) is 1. The molecule has 1 saturated carbocycles. The third kappa shape index (κ3) is 4.66. The molecule has 1 aliphatic carbocycles. The molecular weight excluding hydrogens is 212 g/mol. The summed E-state index contributed by atoms with van der Waals surface area (Å²) in [5.41, 5.74) is 5.87. The molecule has 0 radical (unpaired) electrons. The molecular formula is C14H28N2O. The maximum Gasteiger partial charge on any atom is 0.224 e. The zero-order valence-corrected chi connectivity index (χ0v) is 11.8. The molecule has 100 valence electrons. The molecule has 0 aromatic heterocycles. The molecule has 1 fully saturated rings. The molecule has 1 aliphatic rings. The summed E-state index contributed by atoms with van der Waals surface area (Å²) in [6.45, 7) is 9.02. The lowest BCUT2D eigenvalue weighted by atomic mass is 9.79. The summed E-state index contributed by atoms with van der Waals surface area (Å²) >= 11 is 0. The summed E-state index contributed by atoms with van der Waals surface area (Å²) in [6, 6.07) is 0.310. The van der Waals surface area contributed by atoms with Gasteiger partial charge in [-0.15, -0.1) is 0 Å². The quantitative estimate of drug-likeness (QED) is 0.774. The van der Waals surface area contributed by atoms with Gasteiger partial charge in [0.2, 0.25) is 5.91 Å². The van der Waals surface area contributed by atoms with Crippen LogP contribution in [0.5, 0.6) is 0 Å². The predicted octanol–water partition coefficient (Wildman–Crippen LogP) is 2.30. The van der Waals surface area contributed by atoms with Crippen molar-refractivity contribution in [2.45, 2.75) is 59.4 Å². The lowest BCUT2D eigenvalue weighted by Gasteiger charge is -2.33. The van der Waals surface area contributed by atoms with Crippen LogP contribution in [0.1, 0.15) is 53.4 Å². The van der Waals surface area contributed by atoms with Crippen molar-refractivity contribution in [3.63, 3.8) is 0 Å². The Morgan fingerprint density at radius 1 is 1.41 bits per heavy atom. The van der Waals surface area contributed by atoms with Crippen molar-refractivity contribution >= 4 is 5.91 Å². The van der Waals surface area contributed by atoms with E-state index in [0.717, 1.165) is 6.42 Å². The van der Waals surface area contributed by atoms with E-state index in [4.69, 9.17) is 5.73 Å². The second-order valence-corrected chi connectivity index (χ2v) is 6.69. The van der Waals surface area contributed by atoms with Gasteiger partial charge in [-0.1, -0.05) is 27.2 Å². The predicted molar refractivity (Wildman–Crippen MR) is 71.6 cm³/mol. The van der Waals surface area contributed by atoms with Crippen LogP contribution in [0.4, 0.5) is 0 Å². The molecule has 2 atom stereocenters. The van der Waals surface area contributed by atoms with Gasteiger partial charge in [-0.05, 0) is 37.5 Å². The van der Waals surface area contributed by atoms with Crippen molar-refractivity contribution < 1.29 is 4.79 Å². The van der Waals surface area contributed by atoms with Gasteiger partial charge in [-0.25, -0.2) is 0 Å². The van der Waals surface area contributed by atoms with E-state index in [1.54, 1.807) is 0 Å². The van der Waals surface area contributed by atoms with Gasteiger partial charge in [0.05, 0.1) is 5.92 Å². The van der Waals surface area contributed by atoms with Crippen LogP contribution in [0, 0.1) is 17.3 Å². The van der Waals surface area contributed by atoms with Crippen molar-refractivity contribution in [1.29, 1.82) is 0 Å². The number of nitrogens with one attached hydrogen (secondary N) is 1. The molecule has 0 aliphatic heterocycles. The van der Waals surface area contributed by atoms with Crippen LogP contribution in [0.15, 0.2) is 0 Å². The first-order chi connectivity index (χ1) is 7.83. The number of carbonyl (C=O) groups is 1. The molecule has 1 amide bonds. The molecule has 17 heavy (non-hydrogen) atoms. The van der Waals surface area contributed by atoms with Gasteiger partial charge >= 0.3 is 0 Å². The van der Waals surface area contributed by atoms with Gasteiger partial charge in [0.25, 0.3) is 0 Å². The molecule has 0 bridgehead atoms. The van der Waals surface area contributed by atoms with Gasteiger partial charge in [0.1, 0.15) is 0 Å². The van der Waals surface area contributed by atoms with Crippen LogP contribution < -0.4 is 11.1 Å². The largest absolute Gasteiger partial charge is 0.353 e. The first kappa shape index (κ1) is 14.5. The Labute approximate surface area is 106 Å². The first-order valence-electron chi connectivity index (χ1n) is 6.84. The fourth-order valence-corrected chi connectivity index (χ4v) is 2.42. The Kier molecular flexibility index (Phi) is 4.99. The number of amides is 1. The second-order valence-electron chi connectivity index (χ2n) is 6.69. The van der Waals surface area contributed by atoms with Gasteiger partial charge in [0.15, 0.2) is 0 Å². The van der Waals surface area contributed by atoms with Crippen LogP contribution in [0.3, 0.4) is 0 Å². The van der Waals surface area contributed by atoms with Gasteiger partial charge in [-0.3, -0.25) is 4.79 Å². The van der Waals surface area contributed by atoms with E-state index in [9.17, 15) is 4.79 Å². The minimum Gasteiger partial charge on any atom is -0.353 e. The number of hydrogen-bond acceptors (Lipinski definition) is 2. The molecule has 0 spiro atoms. The minimum atomic E-state index is -0.0440. The molecule has 3 heteroatoms. The van der Waals surface area contributed by atoms with E-state index in [1.807, 2.05) is 0 Å². The standard InChI is InChI=1S/C14H28N2O/c1-10(11-6-5-7-11)16-13(17)12(9-15)8-14(2,3)4/h10-12H,5-9,15H2,1-4H3,(H,16,17). The number of carbonyl (C=O) groups excluding carboxylic acids is 1. The Hall–Kier alpha value is -0.570. The molecule has 3 nitrogen and oxygen atoms in total. The zero-order valence-electron chi connectivity index (χ0n) is 11.8. The maximum absolute atomic E-state index is 12.1. The van der Waals surface area contributed by atoms with Crippen LogP contribution in [0.2, 0.25) is 0 Å². The topological polar surface area (TPSA) is 55.1 Å². The van der Waals surface area contributed by atoms with Gasteiger partial charge in [-0.2, -0.15) is 0 Å². The van der Waals surface area contributed by atoms with Crippen molar-refractivity contribution in [3.8, 4) is 0 Å². The summed E-state index contributed by atoms with van der Waals surface area (Å²) in [6.07, 6.45) is 4.68. The third-order valence-electron chi connectivity index (χ3n) is 3.74. The van der Waals surface area contributed by atoms with E-state index in [0.29, 0.717) is 18.5 Å². The number of rotatable bonds is 5. The third-order valence-corrected chi connectivity index (χ3v) is 3.74. The minimum absolute atomic E-state index is 0.0440. The fraction of sp³-hybridized carbons (Fsp3) is 0.929. The Bertz CT molecular complexity index is 253. The summed E-state index contributed by atoms with van der Waals surface area (Å²) < 4.78 is 0. The van der Waals surface area contributed by atoms with E-state index in [-0.39, 0.29) is 17.2 Å². The fourth-order valence-electron chi connectivity index (χ4n) is 2.42. The highest BCUT2D eigenvalue weighted by Crippen LogP contribution is 2.30. The van der Waals surface area contributed by atoms with E-state index >= 15 is 0 Å². The average Bonchev–Trinajstić information content (AvgIpc) is 2.09. The highest BCUT2D eigenvalue weighted by atomic mass is 16.1. The number of hydrogen-bond donors (Lipinski definition) is 2. The zero-order chi connectivity index (χ0) is 13.1. The van der Waals surface area contributed by atoms with Crippen LogP contribution in [0.25, 0.3) is 0 Å². The summed E-state index contributed by atoms with van der Waals surface area (Å²) in [5, 5.41) is 3.14. The Morgan fingerprint density at radius 3 is 2.35 bits per heavy atom. The molecule has 0 saturated heterocycles. The average molecular weight is 240 g/mol. The molecule has 0 heterocycles. The molecule has 0 aromatic carbocycles. The van der Waals surface area contributed by atoms with Crippen LogP contribution in [-0.2, 0) is 4.79 Å². The van der Waals surface area contributed by atoms with Crippen molar-refractivity contribution in [3.05, 3.63) is 0 Å². The lowest BCUT2D eigenvalue weighted by Crippen LogP contribution is -2.45.